The molecule has 0 saturated heterocycles. The number of carboxylic acids is 1. The number of aliphatic hydroxyl groups excluding tert-OH is 1. The lowest BCUT2D eigenvalue weighted by atomic mass is 10.1. The van der Waals surface area contributed by atoms with Gasteiger partial charge in [0.1, 0.15) is 11.4 Å². The lowest BCUT2D eigenvalue weighted by Gasteiger charge is -2.10. The van der Waals surface area contributed by atoms with Crippen LogP contribution in [0.15, 0.2) is 12.3 Å². The topological polar surface area (TPSA) is 82.5 Å². The average molecular weight is 252 g/mol. The summed E-state index contributed by atoms with van der Waals surface area (Å²) in [6.45, 7) is 2.69. The number of nitrogens with zero attached hydrogens (tertiary/aromatic N) is 1. The number of pyridine rings is 1. The molecule has 3 N–H and O–H groups in total. The zero-order valence-corrected chi connectivity index (χ0v) is 10.6. The molecule has 0 aliphatic carbocycles. The van der Waals surface area contributed by atoms with Crippen molar-refractivity contribution in [3.63, 3.8) is 0 Å². The number of aryl methyl sites for hydroxylation is 1. The number of rotatable bonds is 8. The first kappa shape index (κ1) is 14.4. The van der Waals surface area contributed by atoms with Gasteiger partial charge in [0.25, 0.3) is 0 Å². The van der Waals surface area contributed by atoms with Gasteiger partial charge in [-0.25, -0.2) is 9.78 Å². The molecule has 5 heteroatoms. The fraction of sp³-hybridized carbons (Fsp3) is 0.538. The molecule has 0 unspecified atom stereocenters. The number of anilines is 1. The van der Waals surface area contributed by atoms with Gasteiger partial charge in [-0.15, -0.1) is 0 Å². The standard InChI is InChI=1S/C13H20N2O3/c1-10-6-8-15-12(11(10)13(17)18)14-7-4-2-3-5-9-16/h6,8,16H,2-5,7,9H2,1H3,(H,14,15)(H,17,18). The third-order valence-corrected chi connectivity index (χ3v) is 2.75. The maximum atomic E-state index is 11.1. The summed E-state index contributed by atoms with van der Waals surface area (Å²) in [5, 5.41) is 20.8. The minimum Gasteiger partial charge on any atom is -0.478 e. The predicted molar refractivity (Wildman–Crippen MR) is 70.0 cm³/mol. The van der Waals surface area contributed by atoms with E-state index in [1.54, 1.807) is 19.2 Å². The zero-order valence-electron chi connectivity index (χ0n) is 10.6. The molecule has 18 heavy (non-hydrogen) atoms. The highest BCUT2D eigenvalue weighted by atomic mass is 16.4. The number of aliphatic hydroxyl groups is 1. The molecule has 0 atom stereocenters. The van der Waals surface area contributed by atoms with Crippen LogP contribution in [0.1, 0.15) is 41.6 Å². The van der Waals surface area contributed by atoms with E-state index < -0.39 is 5.97 Å². The largest absolute Gasteiger partial charge is 0.478 e. The minimum absolute atomic E-state index is 0.232. The number of carbonyl (C=O) groups is 1. The normalized spacial score (nSPS) is 10.3. The van der Waals surface area contributed by atoms with Gasteiger partial charge in [0.05, 0.1) is 0 Å². The number of unbranched alkanes of at least 4 members (excludes halogenated alkanes) is 3. The Kier molecular flexibility index (Phi) is 6.14. The monoisotopic (exact) mass is 252 g/mol. The molecule has 1 heterocycles. The number of hydrogen-bond acceptors (Lipinski definition) is 4. The molecule has 0 aliphatic heterocycles. The molecule has 0 aromatic carbocycles. The Morgan fingerprint density at radius 1 is 1.33 bits per heavy atom. The molecule has 5 nitrogen and oxygen atoms in total. The Balaban J connectivity index is 2.47. The summed E-state index contributed by atoms with van der Waals surface area (Å²) in [5.74, 6) is -0.520. The van der Waals surface area contributed by atoms with Crippen LogP contribution in [0, 0.1) is 6.92 Å². The highest BCUT2D eigenvalue weighted by Gasteiger charge is 2.13. The highest BCUT2D eigenvalue weighted by molar-refractivity contribution is 5.94. The Hall–Kier alpha value is -1.62. The van der Waals surface area contributed by atoms with E-state index in [4.69, 9.17) is 10.2 Å². The van der Waals surface area contributed by atoms with Gasteiger partial charge in [-0.3, -0.25) is 0 Å². The minimum atomic E-state index is -0.955. The van der Waals surface area contributed by atoms with Crippen LogP contribution in [0.2, 0.25) is 0 Å². The van der Waals surface area contributed by atoms with Gasteiger partial charge in [-0.05, 0) is 31.4 Å². The van der Waals surface area contributed by atoms with Crippen LogP contribution < -0.4 is 5.32 Å². The summed E-state index contributed by atoms with van der Waals surface area (Å²) < 4.78 is 0. The molecule has 0 fully saturated rings. The summed E-state index contributed by atoms with van der Waals surface area (Å²) in [6.07, 6.45) is 5.38. The van der Waals surface area contributed by atoms with Crippen molar-refractivity contribution < 1.29 is 15.0 Å². The maximum absolute atomic E-state index is 11.1. The molecule has 1 rings (SSSR count). The smallest absolute Gasteiger partial charge is 0.339 e. The summed E-state index contributed by atoms with van der Waals surface area (Å²) in [7, 11) is 0. The van der Waals surface area contributed by atoms with Crippen molar-refractivity contribution in [1.29, 1.82) is 0 Å². The number of hydrogen-bond donors (Lipinski definition) is 3. The summed E-state index contributed by atoms with van der Waals surface area (Å²) in [4.78, 5) is 15.2. The van der Waals surface area contributed by atoms with Gasteiger partial charge in [0, 0.05) is 19.3 Å². The number of nitrogens with one attached hydrogen (secondary N) is 1. The van der Waals surface area contributed by atoms with Crippen LogP contribution in [-0.2, 0) is 0 Å². The fourth-order valence-electron chi connectivity index (χ4n) is 1.76. The van der Waals surface area contributed by atoms with Crippen molar-refractivity contribution in [2.24, 2.45) is 0 Å². The molecular weight excluding hydrogens is 232 g/mol. The molecule has 0 spiro atoms. The average Bonchev–Trinajstić information content (AvgIpc) is 2.33. The van der Waals surface area contributed by atoms with E-state index in [1.807, 2.05) is 0 Å². The molecule has 0 saturated carbocycles. The summed E-state index contributed by atoms with van der Waals surface area (Å²) in [6, 6.07) is 1.69. The first-order chi connectivity index (χ1) is 8.66. The van der Waals surface area contributed by atoms with Gasteiger partial charge >= 0.3 is 5.97 Å². The zero-order chi connectivity index (χ0) is 13.4. The molecule has 1 aromatic heterocycles. The van der Waals surface area contributed by atoms with Crippen molar-refractivity contribution in [3.8, 4) is 0 Å². The van der Waals surface area contributed by atoms with Crippen molar-refractivity contribution >= 4 is 11.8 Å². The predicted octanol–water partition coefficient (Wildman–Crippen LogP) is 2.05. The number of aromatic nitrogens is 1. The summed E-state index contributed by atoms with van der Waals surface area (Å²) in [5.41, 5.74) is 0.952. The van der Waals surface area contributed by atoms with Gasteiger partial charge in [-0.2, -0.15) is 0 Å². The van der Waals surface area contributed by atoms with Crippen LogP contribution in [0.25, 0.3) is 0 Å². The van der Waals surface area contributed by atoms with E-state index >= 15 is 0 Å². The van der Waals surface area contributed by atoms with Crippen molar-refractivity contribution in [1.82, 2.24) is 4.98 Å². The third kappa shape index (κ3) is 4.33. The van der Waals surface area contributed by atoms with Crippen LogP contribution >= 0.6 is 0 Å². The highest BCUT2D eigenvalue weighted by Crippen LogP contribution is 2.16. The third-order valence-electron chi connectivity index (χ3n) is 2.75. The first-order valence-corrected chi connectivity index (χ1v) is 6.20. The second kappa shape index (κ2) is 7.66. The second-order valence-electron chi connectivity index (χ2n) is 4.22. The number of aromatic carboxylic acids is 1. The van der Waals surface area contributed by atoms with Crippen LogP contribution in [0.5, 0.6) is 0 Å². The quantitative estimate of drug-likeness (QED) is 0.617. The fourth-order valence-corrected chi connectivity index (χ4v) is 1.76. The van der Waals surface area contributed by atoms with Crippen LogP contribution in [0.4, 0.5) is 5.82 Å². The SMILES string of the molecule is Cc1ccnc(NCCCCCCO)c1C(=O)O. The van der Waals surface area contributed by atoms with E-state index in [-0.39, 0.29) is 12.2 Å². The van der Waals surface area contributed by atoms with Crippen molar-refractivity contribution in [2.75, 3.05) is 18.5 Å². The lowest BCUT2D eigenvalue weighted by Crippen LogP contribution is -2.11. The van der Waals surface area contributed by atoms with E-state index in [0.29, 0.717) is 17.9 Å². The van der Waals surface area contributed by atoms with Gasteiger partial charge in [-0.1, -0.05) is 12.8 Å². The van der Waals surface area contributed by atoms with Crippen molar-refractivity contribution in [3.05, 3.63) is 23.4 Å². The van der Waals surface area contributed by atoms with Gasteiger partial charge < -0.3 is 15.5 Å². The lowest BCUT2D eigenvalue weighted by molar-refractivity contribution is 0.0697. The molecule has 1 aromatic rings. The maximum Gasteiger partial charge on any atom is 0.339 e. The first-order valence-electron chi connectivity index (χ1n) is 6.20. The molecule has 0 bridgehead atoms. The number of carboxylic acid groups (broad SMARTS) is 1. The Morgan fingerprint density at radius 3 is 2.72 bits per heavy atom. The van der Waals surface area contributed by atoms with Crippen LogP contribution in [0.3, 0.4) is 0 Å². The van der Waals surface area contributed by atoms with Gasteiger partial charge in [0.2, 0.25) is 0 Å². The van der Waals surface area contributed by atoms with E-state index in [1.165, 1.54) is 0 Å². The molecule has 0 aliphatic rings. The van der Waals surface area contributed by atoms with E-state index in [9.17, 15) is 4.79 Å². The van der Waals surface area contributed by atoms with E-state index in [0.717, 1.165) is 25.7 Å². The van der Waals surface area contributed by atoms with Crippen molar-refractivity contribution in [2.45, 2.75) is 32.6 Å². The Bertz CT molecular complexity index is 394. The molecular formula is C13H20N2O3. The molecule has 0 amide bonds. The molecule has 0 radical (unpaired) electrons. The van der Waals surface area contributed by atoms with E-state index in [2.05, 4.69) is 10.3 Å². The Morgan fingerprint density at radius 2 is 2.06 bits per heavy atom. The molecule has 100 valence electrons. The Labute approximate surface area is 107 Å². The second-order valence-corrected chi connectivity index (χ2v) is 4.22. The summed E-state index contributed by atoms with van der Waals surface area (Å²) >= 11 is 0. The van der Waals surface area contributed by atoms with Crippen LogP contribution in [-0.4, -0.2) is 34.3 Å². The van der Waals surface area contributed by atoms with Gasteiger partial charge in [0.15, 0.2) is 0 Å².